The Morgan fingerprint density at radius 2 is 1.71 bits per heavy atom. The third-order valence-electron chi connectivity index (χ3n) is 4.57. The van der Waals surface area contributed by atoms with Crippen molar-refractivity contribution in [2.75, 3.05) is 13.1 Å². The highest BCUT2D eigenvalue weighted by molar-refractivity contribution is 5.89. The number of rotatable bonds is 3. The Morgan fingerprint density at radius 1 is 1.17 bits per heavy atom. The Hall–Kier alpha value is -2.04. The normalized spacial score (nSPS) is 17.4. The Kier molecular flexibility index (Phi) is 5.52. The van der Waals surface area contributed by atoms with Crippen LogP contribution in [0.15, 0.2) is 24.3 Å². The average molecular weight is 332 g/mol. The summed E-state index contributed by atoms with van der Waals surface area (Å²) in [5, 5.41) is 12.2. The average Bonchev–Trinajstić information content (AvgIpc) is 2.54. The lowest BCUT2D eigenvalue weighted by atomic mass is 9.89. The van der Waals surface area contributed by atoms with Gasteiger partial charge in [-0.05, 0) is 43.4 Å². The molecule has 1 fully saturated rings. The molecule has 0 saturated carbocycles. The second-order valence-electron chi connectivity index (χ2n) is 7.64. The highest BCUT2D eigenvalue weighted by Crippen LogP contribution is 2.29. The number of piperidine rings is 1. The Morgan fingerprint density at radius 3 is 2.21 bits per heavy atom. The molecule has 1 heterocycles. The molecule has 0 spiro atoms. The van der Waals surface area contributed by atoms with Crippen LogP contribution in [0.1, 0.15) is 52.0 Å². The second kappa shape index (κ2) is 7.24. The molecule has 24 heavy (non-hydrogen) atoms. The Bertz CT molecular complexity index is 582. The van der Waals surface area contributed by atoms with E-state index < -0.39 is 11.5 Å². The molecule has 0 aliphatic carbocycles. The summed E-state index contributed by atoms with van der Waals surface area (Å²) in [5.41, 5.74) is 0.703. The van der Waals surface area contributed by atoms with Crippen molar-refractivity contribution in [2.24, 2.45) is 5.41 Å². The smallest absolute Gasteiger partial charge is 0.244 e. The van der Waals surface area contributed by atoms with Gasteiger partial charge in [-0.2, -0.15) is 0 Å². The fourth-order valence-corrected chi connectivity index (χ4v) is 2.93. The van der Waals surface area contributed by atoms with Crippen molar-refractivity contribution in [3.8, 4) is 5.75 Å². The molecule has 0 aromatic heterocycles. The zero-order chi connectivity index (χ0) is 17.9. The number of nitrogens with zero attached hydrogens (tertiary/aromatic N) is 1. The number of phenols is 1. The summed E-state index contributed by atoms with van der Waals surface area (Å²) in [6.07, 6.45) is 1.80. The summed E-state index contributed by atoms with van der Waals surface area (Å²) in [5.74, 6) is 0.558. The summed E-state index contributed by atoms with van der Waals surface area (Å²) < 4.78 is 0. The van der Waals surface area contributed by atoms with Crippen LogP contribution in [0.25, 0.3) is 0 Å². The molecular weight excluding hydrogens is 304 g/mol. The summed E-state index contributed by atoms with van der Waals surface area (Å²) in [6.45, 7) is 8.65. The molecule has 1 unspecified atom stereocenters. The predicted molar refractivity (Wildman–Crippen MR) is 93.7 cm³/mol. The molecule has 132 valence electrons. The van der Waals surface area contributed by atoms with Crippen molar-refractivity contribution in [1.29, 1.82) is 0 Å². The number of likely N-dealkylation sites (tertiary alicyclic amines) is 1. The second-order valence-corrected chi connectivity index (χ2v) is 7.64. The zero-order valence-corrected chi connectivity index (χ0v) is 15.0. The van der Waals surface area contributed by atoms with Gasteiger partial charge in [-0.3, -0.25) is 9.59 Å². The van der Waals surface area contributed by atoms with E-state index in [9.17, 15) is 14.7 Å². The molecule has 1 aromatic rings. The van der Waals surface area contributed by atoms with Gasteiger partial charge in [-0.1, -0.05) is 32.9 Å². The molecule has 1 atom stereocenters. The molecule has 5 heteroatoms. The molecule has 1 aliphatic heterocycles. The number of carbonyl (C=O) groups is 2. The van der Waals surface area contributed by atoms with Crippen LogP contribution in [0.3, 0.4) is 0 Å². The molecule has 1 aliphatic rings. The lowest BCUT2D eigenvalue weighted by molar-refractivity contribution is -0.138. The van der Waals surface area contributed by atoms with E-state index in [0.717, 1.165) is 12.8 Å². The minimum absolute atomic E-state index is 0.0169. The fourth-order valence-electron chi connectivity index (χ4n) is 2.93. The van der Waals surface area contributed by atoms with E-state index in [4.69, 9.17) is 0 Å². The van der Waals surface area contributed by atoms with Gasteiger partial charge in [-0.15, -0.1) is 0 Å². The molecule has 1 aromatic carbocycles. The van der Waals surface area contributed by atoms with E-state index in [1.165, 1.54) is 5.56 Å². The molecule has 0 radical (unpaired) electrons. The SMILES string of the molecule is CC(NC(=O)C(C)(C)C)C(=O)N1CCC(c2ccc(O)cc2)CC1. The summed E-state index contributed by atoms with van der Waals surface area (Å²) in [7, 11) is 0. The number of phenolic OH excluding ortho intramolecular Hbond substituents is 1. The topological polar surface area (TPSA) is 69.6 Å². The van der Waals surface area contributed by atoms with Crippen LogP contribution < -0.4 is 5.32 Å². The van der Waals surface area contributed by atoms with Crippen LogP contribution in [0.4, 0.5) is 0 Å². The van der Waals surface area contributed by atoms with Crippen molar-refractivity contribution in [2.45, 2.75) is 52.5 Å². The number of benzene rings is 1. The molecule has 5 nitrogen and oxygen atoms in total. The van der Waals surface area contributed by atoms with Crippen LogP contribution in [0, 0.1) is 5.41 Å². The van der Waals surface area contributed by atoms with E-state index in [-0.39, 0.29) is 17.6 Å². The molecular formula is C19H28N2O3. The highest BCUT2D eigenvalue weighted by Gasteiger charge is 2.29. The summed E-state index contributed by atoms with van der Waals surface area (Å²) in [6, 6.07) is 6.81. The maximum atomic E-state index is 12.5. The van der Waals surface area contributed by atoms with Crippen molar-refractivity contribution >= 4 is 11.8 Å². The van der Waals surface area contributed by atoms with Crippen LogP contribution in [0.2, 0.25) is 0 Å². The van der Waals surface area contributed by atoms with Gasteiger partial charge < -0.3 is 15.3 Å². The largest absolute Gasteiger partial charge is 0.508 e. The van der Waals surface area contributed by atoms with Gasteiger partial charge in [-0.25, -0.2) is 0 Å². The highest BCUT2D eigenvalue weighted by atomic mass is 16.3. The van der Waals surface area contributed by atoms with Crippen LogP contribution in [-0.4, -0.2) is 41.0 Å². The first-order valence-corrected chi connectivity index (χ1v) is 8.57. The Balaban J connectivity index is 1.88. The minimum Gasteiger partial charge on any atom is -0.508 e. The Labute approximate surface area is 144 Å². The van der Waals surface area contributed by atoms with Gasteiger partial charge >= 0.3 is 0 Å². The van der Waals surface area contributed by atoms with Crippen LogP contribution in [0.5, 0.6) is 5.75 Å². The summed E-state index contributed by atoms with van der Waals surface area (Å²) in [4.78, 5) is 26.4. The van der Waals surface area contributed by atoms with Gasteiger partial charge in [0.2, 0.25) is 11.8 Å². The predicted octanol–water partition coefficient (Wildman–Crippen LogP) is 2.65. The standard InChI is InChI=1S/C19H28N2O3/c1-13(20-18(24)19(2,3)4)17(23)21-11-9-15(10-12-21)14-5-7-16(22)8-6-14/h5-8,13,15,22H,9-12H2,1-4H3,(H,20,24). The maximum absolute atomic E-state index is 12.5. The van der Waals surface area contributed by atoms with E-state index in [0.29, 0.717) is 19.0 Å². The van der Waals surface area contributed by atoms with Gasteiger partial charge in [0, 0.05) is 18.5 Å². The molecule has 2 rings (SSSR count). The lowest BCUT2D eigenvalue weighted by Gasteiger charge is -2.34. The van der Waals surface area contributed by atoms with E-state index in [1.54, 1.807) is 19.1 Å². The van der Waals surface area contributed by atoms with Crippen molar-refractivity contribution in [1.82, 2.24) is 10.2 Å². The molecule has 2 amide bonds. The van der Waals surface area contributed by atoms with Gasteiger partial charge in [0.15, 0.2) is 0 Å². The van der Waals surface area contributed by atoms with Crippen LogP contribution in [-0.2, 0) is 9.59 Å². The number of amides is 2. The fraction of sp³-hybridized carbons (Fsp3) is 0.579. The van der Waals surface area contributed by atoms with Gasteiger partial charge in [0.05, 0.1) is 0 Å². The van der Waals surface area contributed by atoms with Gasteiger partial charge in [0.1, 0.15) is 11.8 Å². The number of hydrogen-bond donors (Lipinski definition) is 2. The van der Waals surface area contributed by atoms with Gasteiger partial charge in [0.25, 0.3) is 0 Å². The minimum atomic E-state index is -0.500. The number of carbonyl (C=O) groups excluding carboxylic acids is 2. The first-order valence-electron chi connectivity index (χ1n) is 8.57. The molecule has 1 saturated heterocycles. The molecule has 2 N–H and O–H groups in total. The first kappa shape index (κ1) is 18.3. The number of aromatic hydroxyl groups is 1. The number of hydrogen-bond acceptors (Lipinski definition) is 3. The zero-order valence-electron chi connectivity index (χ0n) is 15.0. The molecule has 0 bridgehead atoms. The van der Waals surface area contributed by atoms with E-state index in [1.807, 2.05) is 37.8 Å². The lowest BCUT2D eigenvalue weighted by Crippen LogP contribution is -2.51. The maximum Gasteiger partial charge on any atom is 0.244 e. The quantitative estimate of drug-likeness (QED) is 0.894. The number of nitrogens with one attached hydrogen (secondary N) is 1. The van der Waals surface area contributed by atoms with Crippen molar-refractivity contribution in [3.63, 3.8) is 0 Å². The third kappa shape index (κ3) is 4.49. The van der Waals surface area contributed by atoms with Crippen molar-refractivity contribution < 1.29 is 14.7 Å². The van der Waals surface area contributed by atoms with E-state index >= 15 is 0 Å². The van der Waals surface area contributed by atoms with Crippen molar-refractivity contribution in [3.05, 3.63) is 29.8 Å². The summed E-state index contributed by atoms with van der Waals surface area (Å²) >= 11 is 0. The van der Waals surface area contributed by atoms with E-state index in [2.05, 4.69) is 5.32 Å². The first-order chi connectivity index (χ1) is 11.2. The third-order valence-corrected chi connectivity index (χ3v) is 4.57. The van der Waals surface area contributed by atoms with Crippen LogP contribution >= 0.6 is 0 Å². The monoisotopic (exact) mass is 332 g/mol.